The van der Waals surface area contributed by atoms with Crippen LogP contribution in [-0.2, 0) is 17.8 Å². The molecule has 6 nitrogen and oxygen atoms in total. The molecule has 27 heavy (non-hydrogen) atoms. The van der Waals surface area contributed by atoms with Gasteiger partial charge in [-0.25, -0.2) is 4.98 Å². The number of hydrogen-bond acceptors (Lipinski definition) is 4. The third kappa shape index (κ3) is 3.74. The van der Waals surface area contributed by atoms with E-state index in [0.29, 0.717) is 35.9 Å². The van der Waals surface area contributed by atoms with E-state index in [2.05, 4.69) is 15.6 Å². The Morgan fingerprint density at radius 3 is 2.85 bits per heavy atom. The Bertz CT molecular complexity index is 1010. The van der Waals surface area contributed by atoms with Gasteiger partial charge in [-0.15, -0.1) is 0 Å². The van der Waals surface area contributed by atoms with Crippen LogP contribution in [-0.4, -0.2) is 16.8 Å². The summed E-state index contributed by atoms with van der Waals surface area (Å²) in [7, 11) is 0. The van der Waals surface area contributed by atoms with Crippen molar-refractivity contribution in [2.45, 2.75) is 26.3 Å². The first-order valence-electron chi connectivity index (χ1n) is 8.81. The maximum absolute atomic E-state index is 12.2. The lowest BCUT2D eigenvalue weighted by Gasteiger charge is -2.06. The summed E-state index contributed by atoms with van der Waals surface area (Å²) in [5.41, 5.74) is 4.31. The van der Waals surface area contributed by atoms with Gasteiger partial charge in [0.1, 0.15) is 0 Å². The average Bonchev–Trinajstić information content (AvgIpc) is 3.28. The van der Waals surface area contributed by atoms with Gasteiger partial charge in [-0.1, -0.05) is 35.9 Å². The monoisotopic (exact) mass is 361 g/mol. The SMILES string of the molecule is Cc1ccc(-c2cnc(CCC(=O)Nc3ccc4c(c3)C(=O)NC4)o2)cc1. The molecule has 3 aromatic rings. The zero-order chi connectivity index (χ0) is 18.8. The lowest BCUT2D eigenvalue weighted by molar-refractivity contribution is -0.116. The minimum Gasteiger partial charge on any atom is -0.441 e. The Hall–Kier alpha value is -3.41. The highest BCUT2D eigenvalue weighted by molar-refractivity contribution is 6.00. The maximum atomic E-state index is 12.2. The lowest BCUT2D eigenvalue weighted by Crippen LogP contribution is -2.14. The summed E-state index contributed by atoms with van der Waals surface area (Å²) >= 11 is 0. The molecule has 1 aromatic heterocycles. The Balaban J connectivity index is 1.35. The molecule has 1 aliphatic heterocycles. The quantitative estimate of drug-likeness (QED) is 0.729. The van der Waals surface area contributed by atoms with Crippen molar-refractivity contribution in [3.63, 3.8) is 0 Å². The molecular formula is C21H19N3O3. The van der Waals surface area contributed by atoms with Crippen molar-refractivity contribution in [3.05, 3.63) is 71.2 Å². The second-order valence-electron chi connectivity index (χ2n) is 6.59. The number of oxazole rings is 1. The van der Waals surface area contributed by atoms with E-state index in [1.165, 1.54) is 5.56 Å². The topological polar surface area (TPSA) is 84.2 Å². The molecule has 0 spiro atoms. The van der Waals surface area contributed by atoms with Gasteiger partial charge in [0.15, 0.2) is 11.7 Å². The lowest BCUT2D eigenvalue weighted by atomic mass is 10.1. The molecule has 0 radical (unpaired) electrons. The second-order valence-corrected chi connectivity index (χ2v) is 6.59. The van der Waals surface area contributed by atoms with Crippen molar-refractivity contribution in [2.75, 3.05) is 5.32 Å². The number of nitrogens with one attached hydrogen (secondary N) is 2. The number of fused-ring (bicyclic) bond motifs is 1. The Morgan fingerprint density at radius 2 is 2.04 bits per heavy atom. The molecule has 0 aliphatic carbocycles. The zero-order valence-corrected chi connectivity index (χ0v) is 14.9. The largest absolute Gasteiger partial charge is 0.441 e. The smallest absolute Gasteiger partial charge is 0.251 e. The Kier molecular flexibility index (Phi) is 4.46. The number of rotatable bonds is 5. The van der Waals surface area contributed by atoms with Crippen molar-refractivity contribution in [1.82, 2.24) is 10.3 Å². The molecule has 2 heterocycles. The van der Waals surface area contributed by atoms with Crippen LogP contribution in [0.1, 0.15) is 33.8 Å². The molecular weight excluding hydrogens is 342 g/mol. The normalized spacial score (nSPS) is 12.6. The molecule has 0 fully saturated rings. The highest BCUT2D eigenvalue weighted by atomic mass is 16.4. The van der Waals surface area contributed by atoms with Crippen molar-refractivity contribution in [2.24, 2.45) is 0 Å². The van der Waals surface area contributed by atoms with E-state index in [1.807, 2.05) is 37.3 Å². The van der Waals surface area contributed by atoms with Crippen LogP contribution in [0.25, 0.3) is 11.3 Å². The van der Waals surface area contributed by atoms with Gasteiger partial charge < -0.3 is 15.1 Å². The zero-order valence-electron chi connectivity index (χ0n) is 14.9. The number of anilines is 1. The number of aromatic nitrogens is 1. The molecule has 0 bridgehead atoms. The molecule has 2 aromatic carbocycles. The minimum absolute atomic E-state index is 0.107. The molecule has 2 N–H and O–H groups in total. The second kappa shape index (κ2) is 7.07. The van der Waals surface area contributed by atoms with E-state index < -0.39 is 0 Å². The molecule has 0 atom stereocenters. The molecule has 2 amide bonds. The highest BCUT2D eigenvalue weighted by Crippen LogP contribution is 2.22. The summed E-state index contributed by atoms with van der Waals surface area (Å²) in [5, 5.41) is 5.58. The number of hydrogen-bond donors (Lipinski definition) is 2. The Morgan fingerprint density at radius 1 is 1.22 bits per heavy atom. The van der Waals surface area contributed by atoms with Gasteiger partial charge in [-0.3, -0.25) is 9.59 Å². The predicted molar refractivity (Wildman–Crippen MR) is 101 cm³/mol. The van der Waals surface area contributed by atoms with Gasteiger partial charge >= 0.3 is 0 Å². The summed E-state index contributed by atoms with van der Waals surface area (Å²) < 4.78 is 5.74. The van der Waals surface area contributed by atoms with Gasteiger partial charge in [-0.2, -0.15) is 0 Å². The van der Waals surface area contributed by atoms with Crippen LogP contribution in [0.4, 0.5) is 5.69 Å². The third-order valence-electron chi connectivity index (χ3n) is 4.53. The first-order chi connectivity index (χ1) is 13.1. The fourth-order valence-corrected chi connectivity index (χ4v) is 3.01. The molecule has 0 saturated carbocycles. The highest BCUT2D eigenvalue weighted by Gasteiger charge is 2.19. The fourth-order valence-electron chi connectivity index (χ4n) is 3.01. The number of aryl methyl sites for hydroxylation is 2. The van der Waals surface area contributed by atoms with E-state index in [-0.39, 0.29) is 18.2 Å². The predicted octanol–water partition coefficient (Wildman–Crippen LogP) is 3.46. The third-order valence-corrected chi connectivity index (χ3v) is 4.53. The van der Waals surface area contributed by atoms with Crippen LogP contribution >= 0.6 is 0 Å². The van der Waals surface area contributed by atoms with Gasteiger partial charge in [0.2, 0.25) is 5.91 Å². The summed E-state index contributed by atoms with van der Waals surface area (Å²) in [5.74, 6) is 0.956. The van der Waals surface area contributed by atoms with E-state index in [0.717, 1.165) is 11.1 Å². The standard InChI is InChI=1S/C21H19N3O3/c1-13-2-4-14(5-3-13)18-12-22-20(27-18)9-8-19(25)24-16-7-6-15-11-23-21(26)17(15)10-16/h2-7,10,12H,8-9,11H2,1H3,(H,23,26)(H,24,25). The van der Waals surface area contributed by atoms with Gasteiger partial charge in [0, 0.05) is 36.2 Å². The maximum Gasteiger partial charge on any atom is 0.251 e. The molecule has 6 heteroatoms. The molecule has 0 unspecified atom stereocenters. The van der Waals surface area contributed by atoms with Crippen LogP contribution in [0.15, 0.2) is 53.1 Å². The molecule has 4 rings (SSSR count). The van der Waals surface area contributed by atoms with E-state index in [1.54, 1.807) is 18.3 Å². The fraction of sp³-hybridized carbons (Fsp3) is 0.190. The van der Waals surface area contributed by atoms with Crippen LogP contribution < -0.4 is 10.6 Å². The number of carbonyl (C=O) groups is 2. The molecule has 1 aliphatic rings. The first kappa shape index (κ1) is 17.0. The summed E-state index contributed by atoms with van der Waals surface area (Å²) in [4.78, 5) is 28.2. The van der Waals surface area contributed by atoms with E-state index in [4.69, 9.17) is 4.42 Å². The van der Waals surface area contributed by atoms with Crippen LogP contribution in [0.5, 0.6) is 0 Å². The Labute approximate surface area is 156 Å². The van der Waals surface area contributed by atoms with Crippen molar-refractivity contribution in [1.29, 1.82) is 0 Å². The number of nitrogens with zero attached hydrogens (tertiary/aromatic N) is 1. The van der Waals surface area contributed by atoms with Crippen LogP contribution in [0, 0.1) is 6.92 Å². The van der Waals surface area contributed by atoms with Crippen molar-refractivity contribution < 1.29 is 14.0 Å². The van der Waals surface area contributed by atoms with Crippen LogP contribution in [0.2, 0.25) is 0 Å². The minimum atomic E-state index is -0.150. The summed E-state index contributed by atoms with van der Waals surface area (Å²) in [6, 6.07) is 13.4. The number of amides is 2. The first-order valence-corrected chi connectivity index (χ1v) is 8.81. The van der Waals surface area contributed by atoms with E-state index >= 15 is 0 Å². The van der Waals surface area contributed by atoms with Crippen molar-refractivity contribution in [3.8, 4) is 11.3 Å². The van der Waals surface area contributed by atoms with Crippen molar-refractivity contribution >= 4 is 17.5 Å². The van der Waals surface area contributed by atoms with Gasteiger partial charge in [0.05, 0.1) is 6.20 Å². The average molecular weight is 361 g/mol. The van der Waals surface area contributed by atoms with Crippen LogP contribution in [0.3, 0.4) is 0 Å². The molecule has 0 saturated heterocycles. The summed E-state index contributed by atoms with van der Waals surface area (Å²) in [6.07, 6.45) is 2.33. The number of carbonyl (C=O) groups excluding carboxylic acids is 2. The molecule has 136 valence electrons. The van der Waals surface area contributed by atoms with E-state index in [9.17, 15) is 9.59 Å². The van der Waals surface area contributed by atoms with Gasteiger partial charge in [-0.05, 0) is 24.6 Å². The summed E-state index contributed by atoms with van der Waals surface area (Å²) in [6.45, 7) is 2.57. The van der Waals surface area contributed by atoms with Gasteiger partial charge in [0.25, 0.3) is 5.91 Å². The number of benzene rings is 2.